The van der Waals surface area contributed by atoms with E-state index >= 15 is 0 Å². The minimum Gasteiger partial charge on any atom is -0.293 e. The molecular weight excluding hydrogens is 228 g/mol. The number of ketones is 1. The minimum absolute atomic E-state index is 0.0265. The van der Waals surface area contributed by atoms with Crippen LogP contribution < -0.4 is 0 Å². The standard InChI is InChI=1S/C15H12OS/c16-15(11-6-2-1-3-7-11)13-10-17-14-9-5-4-8-12(13)14/h1-9,13H,10H2. The van der Waals surface area contributed by atoms with E-state index in [1.54, 1.807) is 11.8 Å². The van der Waals surface area contributed by atoms with Crippen molar-refractivity contribution in [3.8, 4) is 0 Å². The Balaban J connectivity index is 1.95. The highest BCUT2D eigenvalue weighted by Crippen LogP contribution is 2.40. The highest BCUT2D eigenvalue weighted by atomic mass is 32.2. The van der Waals surface area contributed by atoms with Gasteiger partial charge in [-0.3, -0.25) is 4.79 Å². The molecule has 1 aliphatic heterocycles. The Morgan fingerprint density at radius 1 is 1.00 bits per heavy atom. The van der Waals surface area contributed by atoms with Gasteiger partial charge in [0, 0.05) is 16.2 Å². The normalized spacial score (nSPS) is 17.8. The smallest absolute Gasteiger partial charge is 0.171 e. The van der Waals surface area contributed by atoms with Gasteiger partial charge in [-0.2, -0.15) is 0 Å². The molecule has 1 nitrogen and oxygen atoms in total. The number of carbonyl (C=O) groups is 1. The van der Waals surface area contributed by atoms with Crippen LogP contribution in [0.5, 0.6) is 0 Å². The fourth-order valence-electron chi connectivity index (χ4n) is 2.18. The second-order valence-corrected chi connectivity index (χ2v) is 5.19. The van der Waals surface area contributed by atoms with Gasteiger partial charge >= 0.3 is 0 Å². The third kappa shape index (κ3) is 1.89. The molecular formula is C15H12OS. The molecule has 17 heavy (non-hydrogen) atoms. The maximum Gasteiger partial charge on any atom is 0.171 e. The number of Topliss-reactive ketones (excluding diaryl/α,β-unsaturated/α-hetero) is 1. The van der Waals surface area contributed by atoms with Crippen LogP contribution in [-0.4, -0.2) is 11.5 Å². The summed E-state index contributed by atoms with van der Waals surface area (Å²) in [4.78, 5) is 13.6. The lowest BCUT2D eigenvalue weighted by molar-refractivity contribution is 0.0968. The number of benzene rings is 2. The molecule has 2 aromatic rings. The maximum absolute atomic E-state index is 12.4. The number of carbonyl (C=O) groups excluding carboxylic acids is 1. The third-order valence-electron chi connectivity index (χ3n) is 3.07. The van der Waals surface area contributed by atoms with E-state index in [0.717, 1.165) is 11.3 Å². The zero-order valence-electron chi connectivity index (χ0n) is 9.30. The van der Waals surface area contributed by atoms with Gasteiger partial charge in [0.15, 0.2) is 5.78 Å². The first-order valence-corrected chi connectivity index (χ1v) is 6.66. The van der Waals surface area contributed by atoms with Crippen molar-refractivity contribution < 1.29 is 4.79 Å². The van der Waals surface area contributed by atoms with Gasteiger partial charge in [-0.05, 0) is 11.6 Å². The number of thioether (sulfide) groups is 1. The number of fused-ring (bicyclic) bond motifs is 1. The molecule has 84 valence electrons. The molecule has 0 saturated heterocycles. The van der Waals surface area contributed by atoms with Gasteiger partial charge in [0.1, 0.15) is 0 Å². The van der Waals surface area contributed by atoms with Crippen molar-refractivity contribution in [2.75, 3.05) is 5.75 Å². The van der Waals surface area contributed by atoms with Gasteiger partial charge in [-0.1, -0.05) is 48.5 Å². The average Bonchev–Trinajstić information content (AvgIpc) is 2.83. The fourth-order valence-corrected chi connectivity index (χ4v) is 3.41. The zero-order chi connectivity index (χ0) is 11.7. The van der Waals surface area contributed by atoms with Crippen LogP contribution in [0.2, 0.25) is 0 Å². The van der Waals surface area contributed by atoms with Crippen LogP contribution in [0.1, 0.15) is 21.8 Å². The Bertz CT molecular complexity index is 548. The first kappa shape index (κ1) is 10.6. The van der Waals surface area contributed by atoms with Crippen LogP contribution in [0.25, 0.3) is 0 Å². The molecule has 0 N–H and O–H groups in total. The SMILES string of the molecule is O=C(c1ccccc1)C1CSc2ccccc21. The number of hydrogen-bond donors (Lipinski definition) is 0. The molecule has 0 radical (unpaired) electrons. The van der Waals surface area contributed by atoms with Crippen LogP contribution in [0, 0.1) is 0 Å². The minimum atomic E-state index is 0.0265. The summed E-state index contributed by atoms with van der Waals surface area (Å²) in [5, 5.41) is 0. The Morgan fingerprint density at radius 2 is 1.71 bits per heavy atom. The van der Waals surface area contributed by atoms with Crippen molar-refractivity contribution in [1.82, 2.24) is 0 Å². The second kappa shape index (κ2) is 4.38. The predicted octanol–water partition coefficient (Wildman–Crippen LogP) is 3.76. The van der Waals surface area contributed by atoms with Gasteiger partial charge in [-0.25, -0.2) is 0 Å². The highest BCUT2D eigenvalue weighted by Gasteiger charge is 2.29. The molecule has 2 aromatic carbocycles. The molecule has 1 aliphatic rings. The zero-order valence-corrected chi connectivity index (χ0v) is 10.1. The van der Waals surface area contributed by atoms with Crippen molar-refractivity contribution in [2.24, 2.45) is 0 Å². The van der Waals surface area contributed by atoms with E-state index in [-0.39, 0.29) is 11.7 Å². The molecule has 0 bridgehead atoms. The molecule has 0 aromatic heterocycles. The lowest BCUT2D eigenvalue weighted by atomic mass is 9.92. The maximum atomic E-state index is 12.4. The van der Waals surface area contributed by atoms with E-state index in [0.29, 0.717) is 0 Å². The first-order chi connectivity index (χ1) is 8.36. The van der Waals surface area contributed by atoms with Crippen molar-refractivity contribution in [1.29, 1.82) is 0 Å². The molecule has 0 amide bonds. The van der Waals surface area contributed by atoms with E-state index in [1.165, 1.54) is 10.5 Å². The molecule has 0 spiro atoms. The Kier molecular flexibility index (Phi) is 2.73. The number of hydrogen-bond acceptors (Lipinski definition) is 2. The van der Waals surface area contributed by atoms with Crippen LogP contribution in [-0.2, 0) is 0 Å². The van der Waals surface area contributed by atoms with E-state index < -0.39 is 0 Å². The van der Waals surface area contributed by atoms with Crippen LogP contribution in [0.4, 0.5) is 0 Å². The van der Waals surface area contributed by atoms with Crippen molar-refractivity contribution >= 4 is 17.5 Å². The summed E-state index contributed by atoms with van der Waals surface area (Å²) in [6.45, 7) is 0. The van der Waals surface area contributed by atoms with E-state index in [4.69, 9.17) is 0 Å². The number of rotatable bonds is 2. The topological polar surface area (TPSA) is 17.1 Å². The van der Waals surface area contributed by atoms with Crippen LogP contribution >= 0.6 is 11.8 Å². The van der Waals surface area contributed by atoms with E-state index in [2.05, 4.69) is 12.1 Å². The summed E-state index contributed by atoms with van der Waals surface area (Å²) < 4.78 is 0. The summed E-state index contributed by atoms with van der Waals surface area (Å²) in [5.41, 5.74) is 2.00. The average molecular weight is 240 g/mol. The van der Waals surface area contributed by atoms with Gasteiger partial charge in [-0.15, -0.1) is 11.8 Å². The molecule has 3 rings (SSSR count). The lowest BCUT2D eigenvalue weighted by Gasteiger charge is -2.09. The summed E-state index contributed by atoms with van der Waals surface area (Å²) in [6.07, 6.45) is 0. The summed E-state index contributed by atoms with van der Waals surface area (Å²) in [6, 6.07) is 17.8. The molecule has 1 atom stereocenters. The molecule has 0 saturated carbocycles. The van der Waals surface area contributed by atoms with Crippen molar-refractivity contribution in [2.45, 2.75) is 10.8 Å². The third-order valence-corrected chi connectivity index (χ3v) is 4.26. The second-order valence-electron chi connectivity index (χ2n) is 4.13. The fraction of sp³-hybridized carbons (Fsp3) is 0.133. The van der Waals surface area contributed by atoms with Crippen molar-refractivity contribution in [3.63, 3.8) is 0 Å². The summed E-state index contributed by atoms with van der Waals surface area (Å²) in [5.74, 6) is 1.13. The van der Waals surface area contributed by atoms with E-state index in [9.17, 15) is 4.79 Å². The molecule has 1 heterocycles. The van der Waals surface area contributed by atoms with Gasteiger partial charge in [0.05, 0.1) is 5.92 Å². The molecule has 1 unspecified atom stereocenters. The lowest BCUT2D eigenvalue weighted by Crippen LogP contribution is -2.12. The monoisotopic (exact) mass is 240 g/mol. The van der Waals surface area contributed by atoms with Crippen LogP contribution in [0.3, 0.4) is 0 Å². The molecule has 0 fully saturated rings. The van der Waals surface area contributed by atoms with Crippen LogP contribution in [0.15, 0.2) is 59.5 Å². The van der Waals surface area contributed by atoms with Gasteiger partial charge < -0.3 is 0 Å². The van der Waals surface area contributed by atoms with Crippen molar-refractivity contribution in [3.05, 3.63) is 65.7 Å². The Labute approximate surface area is 105 Å². The predicted molar refractivity (Wildman–Crippen MR) is 70.7 cm³/mol. The Hall–Kier alpha value is -1.54. The van der Waals surface area contributed by atoms with E-state index in [1.807, 2.05) is 42.5 Å². The quantitative estimate of drug-likeness (QED) is 0.743. The largest absolute Gasteiger partial charge is 0.293 e. The molecule has 2 heteroatoms. The summed E-state index contributed by atoms with van der Waals surface area (Å²) >= 11 is 1.78. The summed E-state index contributed by atoms with van der Waals surface area (Å²) in [7, 11) is 0. The molecule has 0 aliphatic carbocycles. The first-order valence-electron chi connectivity index (χ1n) is 5.67. The van der Waals surface area contributed by atoms with Gasteiger partial charge in [0.2, 0.25) is 0 Å². The van der Waals surface area contributed by atoms with Gasteiger partial charge in [0.25, 0.3) is 0 Å². The highest BCUT2D eigenvalue weighted by molar-refractivity contribution is 7.99. The Morgan fingerprint density at radius 3 is 2.53 bits per heavy atom.